The van der Waals surface area contributed by atoms with Crippen LogP contribution in [0, 0.1) is 13.8 Å². The lowest BCUT2D eigenvalue weighted by molar-refractivity contribution is -0.116. The first-order valence-electron chi connectivity index (χ1n) is 10.2. The molecule has 0 bridgehead atoms. The molecule has 2 aromatic rings. The number of aryl methyl sites for hydroxylation is 2. The minimum atomic E-state index is -0.266. The zero-order chi connectivity index (χ0) is 21.1. The Bertz CT molecular complexity index is 788. The van der Waals surface area contributed by atoms with E-state index in [0.29, 0.717) is 22.8 Å². The van der Waals surface area contributed by atoms with Crippen LogP contribution in [-0.4, -0.2) is 22.1 Å². The predicted molar refractivity (Wildman–Crippen MR) is 125 cm³/mol. The van der Waals surface area contributed by atoms with E-state index >= 15 is 0 Å². The molecule has 0 aliphatic rings. The molecule has 5 nitrogen and oxygen atoms in total. The summed E-state index contributed by atoms with van der Waals surface area (Å²) >= 11 is 4.89. The van der Waals surface area contributed by atoms with Crippen molar-refractivity contribution >= 4 is 49.9 Å². The molecule has 2 amide bonds. The van der Waals surface area contributed by atoms with E-state index in [4.69, 9.17) is 0 Å². The molecule has 1 aromatic carbocycles. The van der Waals surface area contributed by atoms with E-state index in [1.165, 1.54) is 43.4 Å². The second-order valence-corrected chi connectivity index (χ2v) is 9.12. The normalized spacial score (nSPS) is 10.7. The van der Waals surface area contributed by atoms with Crippen LogP contribution in [0.3, 0.4) is 0 Å². The minimum Gasteiger partial charge on any atom is -0.325 e. The van der Waals surface area contributed by atoms with Gasteiger partial charge in [-0.1, -0.05) is 60.2 Å². The number of anilines is 2. The maximum Gasteiger partial charge on any atom is 0.259 e. The third-order valence-electron chi connectivity index (χ3n) is 4.73. The molecule has 1 aromatic heterocycles. The molecule has 0 unspecified atom stereocenters. The van der Waals surface area contributed by atoms with Crippen LogP contribution in [-0.2, 0) is 4.79 Å². The van der Waals surface area contributed by atoms with Crippen molar-refractivity contribution in [2.45, 2.75) is 65.2 Å². The number of hydrogen-bond acceptors (Lipinski definition) is 4. The Hall–Kier alpha value is -1.73. The van der Waals surface area contributed by atoms with Crippen LogP contribution >= 0.6 is 27.3 Å². The minimum absolute atomic E-state index is 0.0505. The SMILES string of the molecule is Cc1nc(NC(=O)c2ccccc2NC(=O)CCCCCCCCCBr)sc1C. The number of halogens is 1. The number of unbranched alkanes of at least 4 members (excludes halogenated alkanes) is 6. The lowest BCUT2D eigenvalue weighted by Crippen LogP contribution is -2.18. The van der Waals surface area contributed by atoms with Gasteiger partial charge in [-0.2, -0.15) is 0 Å². The lowest BCUT2D eigenvalue weighted by atomic mass is 10.1. The van der Waals surface area contributed by atoms with Crippen molar-refractivity contribution in [2.24, 2.45) is 0 Å². The third kappa shape index (κ3) is 8.26. The highest BCUT2D eigenvalue weighted by Crippen LogP contribution is 2.23. The number of amides is 2. The van der Waals surface area contributed by atoms with E-state index in [-0.39, 0.29) is 11.8 Å². The fraction of sp³-hybridized carbons (Fsp3) is 0.500. The van der Waals surface area contributed by atoms with Crippen LogP contribution < -0.4 is 10.6 Å². The molecular weight excluding hydrogens is 450 g/mol. The topological polar surface area (TPSA) is 71.1 Å². The van der Waals surface area contributed by atoms with Gasteiger partial charge in [0.1, 0.15) is 0 Å². The second kappa shape index (κ2) is 12.8. The molecule has 0 spiro atoms. The zero-order valence-electron chi connectivity index (χ0n) is 17.2. The van der Waals surface area contributed by atoms with Crippen LogP contribution in [0.25, 0.3) is 0 Å². The number of carbonyl (C=O) groups excluding carboxylic acids is 2. The fourth-order valence-electron chi connectivity index (χ4n) is 2.96. The van der Waals surface area contributed by atoms with Gasteiger partial charge in [0.05, 0.1) is 16.9 Å². The smallest absolute Gasteiger partial charge is 0.259 e. The molecule has 7 heteroatoms. The average molecular weight is 480 g/mol. The first-order valence-corrected chi connectivity index (χ1v) is 12.1. The second-order valence-electron chi connectivity index (χ2n) is 7.12. The number of carbonyl (C=O) groups is 2. The van der Waals surface area contributed by atoms with Crippen LogP contribution in [0.5, 0.6) is 0 Å². The molecule has 1 heterocycles. The van der Waals surface area contributed by atoms with Crippen LogP contribution in [0.1, 0.15) is 72.3 Å². The Morgan fingerprint density at radius 3 is 2.28 bits per heavy atom. The monoisotopic (exact) mass is 479 g/mol. The molecule has 0 radical (unpaired) electrons. The zero-order valence-corrected chi connectivity index (χ0v) is 19.6. The standard InChI is InChI=1S/C22H30BrN3O2S/c1-16-17(2)29-22(24-16)26-21(28)18-12-9-10-13-19(18)25-20(27)14-8-6-4-3-5-7-11-15-23/h9-10,12-13H,3-8,11,14-15H2,1-2H3,(H,25,27)(H,24,26,28). The number of benzene rings is 1. The number of thiazole rings is 1. The number of nitrogens with zero attached hydrogens (tertiary/aromatic N) is 1. The molecule has 2 N–H and O–H groups in total. The molecule has 158 valence electrons. The van der Waals surface area contributed by atoms with Gasteiger partial charge in [0.15, 0.2) is 5.13 Å². The van der Waals surface area contributed by atoms with Crippen molar-refractivity contribution in [3.05, 3.63) is 40.4 Å². The highest BCUT2D eigenvalue weighted by Gasteiger charge is 2.15. The Labute approximate surface area is 185 Å². The fourth-order valence-corrected chi connectivity index (χ4v) is 4.16. The molecule has 0 saturated heterocycles. The van der Waals surface area contributed by atoms with E-state index < -0.39 is 0 Å². The van der Waals surface area contributed by atoms with E-state index in [9.17, 15) is 9.59 Å². The maximum absolute atomic E-state index is 12.6. The van der Waals surface area contributed by atoms with Gasteiger partial charge in [-0.05, 0) is 38.8 Å². The number of hydrogen-bond donors (Lipinski definition) is 2. The van der Waals surface area contributed by atoms with Crippen LogP contribution in [0.2, 0.25) is 0 Å². The molecule has 0 atom stereocenters. The van der Waals surface area contributed by atoms with Crippen LogP contribution in [0.4, 0.5) is 10.8 Å². The maximum atomic E-state index is 12.6. The van der Waals surface area contributed by atoms with Crippen LogP contribution in [0.15, 0.2) is 24.3 Å². The first-order chi connectivity index (χ1) is 14.0. The summed E-state index contributed by atoms with van der Waals surface area (Å²) in [5.41, 5.74) is 1.89. The van der Waals surface area contributed by atoms with Crippen molar-refractivity contribution in [1.82, 2.24) is 4.98 Å². The van der Waals surface area contributed by atoms with Gasteiger partial charge in [-0.25, -0.2) is 4.98 Å². The predicted octanol–water partition coefficient (Wildman–Crippen LogP) is 6.47. The van der Waals surface area contributed by atoms with Crippen molar-refractivity contribution in [1.29, 1.82) is 0 Å². The lowest BCUT2D eigenvalue weighted by Gasteiger charge is -2.10. The summed E-state index contributed by atoms with van der Waals surface area (Å²) < 4.78 is 0. The molecule has 2 rings (SSSR count). The number of nitrogens with one attached hydrogen (secondary N) is 2. The van der Waals surface area contributed by atoms with E-state index in [2.05, 4.69) is 31.5 Å². The largest absolute Gasteiger partial charge is 0.325 e. The van der Waals surface area contributed by atoms with E-state index in [0.717, 1.165) is 28.7 Å². The van der Waals surface area contributed by atoms with Gasteiger partial charge in [0.25, 0.3) is 5.91 Å². The molecular formula is C22H30BrN3O2S. The van der Waals surface area contributed by atoms with Gasteiger partial charge in [0.2, 0.25) is 5.91 Å². The Morgan fingerprint density at radius 1 is 0.966 bits per heavy atom. The summed E-state index contributed by atoms with van der Waals surface area (Å²) in [5.74, 6) is -0.316. The summed E-state index contributed by atoms with van der Waals surface area (Å²) in [6, 6.07) is 7.08. The van der Waals surface area contributed by atoms with Gasteiger partial charge < -0.3 is 5.32 Å². The highest BCUT2D eigenvalue weighted by atomic mass is 79.9. The summed E-state index contributed by atoms with van der Waals surface area (Å²) in [6.45, 7) is 3.89. The number of rotatable bonds is 12. The summed E-state index contributed by atoms with van der Waals surface area (Å²) in [5, 5.41) is 7.37. The molecule has 0 aliphatic heterocycles. The molecule has 0 aliphatic carbocycles. The summed E-state index contributed by atoms with van der Waals surface area (Å²) in [7, 11) is 0. The molecule has 29 heavy (non-hydrogen) atoms. The highest BCUT2D eigenvalue weighted by molar-refractivity contribution is 9.09. The summed E-state index contributed by atoms with van der Waals surface area (Å²) in [6.07, 6.45) is 8.57. The third-order valence-corrected chi connectivity index (χ3v) is 6.28. The summed E-state index contributed by atoms with van der Waals surface area (Å²) in [4.78, 5) is 30.4. The average Bonchev–Trinajstić information content (AvgIpc) is 3.01. The number of alkyl halides is 1. The van der Waals surface area contributed by atoms with Gasteiger partial charge in [-0.15, -0.1) is 11.3 Å². The van der Waals surface area contributed by atoms with Gasteiger partial charge in [0, 0.05) is 16.6 Å². The van der Waals surface area contributed by atoms with E-state index in [1.807, 2.05) is 19.9 Å². The van der Waals surface area contributed by atoms with E-state index in [1.54, 1.807) is 18.2 Å². The van der Waals surface area contributed by atoms with Gasteiger partial charge >= 0.3 is 0 Å². The number of aromatic nitrogens is 1. The first kappa shape index (κ1) is 23.5. The van der Waals surface area contributed by atoms with Crippen molar-refractivity contribution in [3.8, 4) is 0 Å². The van der Waals surface area contributed by atoms with Crippen molar-refractivity contribution < 1.29 is 9.59 Å². The molecule has 0 fully saturated rings. The molecule has 0 saturated carbocycles. The Morgan fingerprint density at radius 2 is 1.62 bits per heavy atom. The number of para-hydroxylation sites is 1. The Kier molecular flexibility index (Phi) is 10.4. The Balaban J connectivity index is 1.80. The van der Waals surface area contributed by atoms with Gasteiger partial charge in [-0.3, -0.25) is 14.9 Å². The van der Waals surface area contributed by atoms with Crippen molar-refractivity contribution in [3.63, 3.8) is 0 Å². The quantitative estimate of drug-likeness (QED) is 0.270. The van der Waals surface area contributed by atoms with Crippen molar-refractivity contribution in [2.75, 3.05) is 16.0 Å².